The predicted molar refractivity (Wildman–Crippen MR) is 63.8 cm³/mol. The molecule has 1 atom stereocenters. The fraction of sp³-hybridized carbons (Fsp3) is 0.462. The molecule has 6 heteroatoms. The van der Waals surface area contributed by atoms with Crippen LogP contribution in [0.3, 0.4) is 0 Å². The Balaban J connectivity index is 2.14. The molecular formula is C13H14F3NO2. The Kier molecular flexibility index (Phi) is 3.68. The predicted octanol–water partition coefficient (Wildman–Crippen LogP) is 2.70. The smallest absolute Gasteiger partial charge is 0.416 e. The minimum absolute atomic E-state index is 0.264. The van der Waals surface area contributed by atoms with Gasteiger partial charge in [0.05, 0.1) is 18.6 Å². The molecule has 1 unspecified atom stereocenters. The lowest BCUT2D eigenvalue weighted by atomic mass is 10.1. The molecule has 0 spiro atoms. The van der Waals surface area contributed by atoms with E-state index in [4.69, 9.17) is 0 Å². The topological polar surface area (TPSA) is 29.5 Å². The lowest BCUT2D eigenvalue weighted by molar-refractivity contribution is -0.144. The highest BCUT2D eigenvalue weighted by molar-refractivity contribution is 5.74. The van der Waals surface area contributed by atoms with Crippen LogP contribution in [0.2, 0.25) is 0 Å². The van der Waals surface area contributed by atoms with E-state index in [1.807, 2.05) is 0 Å². The molecule has 1 fully saturated rings. The van der Waals surface area contributed by atoms with Gasteiger partial charge in [0.25, 0.3) is 0 Å². The zero-order valence-electron chi connectivity index (χ0n) is 10.4. The molecule has 3 nitrogen and oxygen atoms in total. The van der Waals surface area contributed by atoms with E-state index >= 15 is 0 Å². The second kappa shape index (κ2) is 5.11. The van der Waals surface area contributed by atoms with E-state index in [2.05, 4.69) is 4.74 Å². The fourth-order valence-corrected chi connectivity index (χ4v) is 2.23. The summed E-state index contributed by atoms with van der Waals surface area (Å²) in [6.45, 7) is 0.953. The summed E-state index contributed by atoms with van der Waals surface area (Å²) in [5, 5.41) is 0. The van der Waals surface area contributed by atoms with E-state index < -0.39 is 11.7 Å². The van der Waals surface area contributed by atoms with Gasteiger partial charge in [-0.1, -0.05) is 6.07 Å². The molecule has 0 radical (unpaired) electrons. The van der Waals surface area contributed by atoms with Crippen LogP contribution in [0, 0.1) is 5.92 Å². The maximum absolute atomic E-state index is 12.6. The van der Waals surface area contributed by atoms with Crippen LogP contribution in [0.25, 0.3) is 0 Å². The van der Waals surface area contributed by atoms with Crippen LogP contribution in [-0.2, 0) is 15.7 Å². The van der Waals surface area contributed by atoms with Crippen molar-refractivity contribution in [2.75, 3.05) is 25.1 Å². The Morgan fingerprint density at radius 1 is 1.42 bits per heavy atom. The third-order valence-electron chi connectivity index (χ3n) is 3.26. The number of carbonyl (C=O) groups is 1. The van der Waals surface area contributed by atoms with Crippen LogP contribution >= 0.6 is 0 Å². The van der Waals surface area contributed by atoms with Gasteiger partial charge in [-0.15, -0.1) is 0 Å². The Labute approximate surface area is 109 Å². The molecule has 1 aromatic carbocycles. The molecule has 1 aromatic rings. The standard InChI is InChI=1S/C13H14F3NO2/c1-19-12(18)9-5-6-17(8-9)11-4-2-3-10(7-11)13(14,15)16/h2-4,7,9H,5-6,8H2,1H3. The largest absolute Gasteiger partial charge is 0.469 e. The number of hydrogen-bond acceptors (Lipinski definition) is 3. The van der Waals surface area contributed by atoms with E-state index in [0.29, 0.717) is 25.2 Å². The first-order chi connectivity index (χ1) is 8.91. The lowest BCUT2D eigenvalue weighted by Crippen LogP contribution is -2.23. The quantitative estimate of drug-likeness (QED) is 0.776. The molecule has 0 amide bonds. The van der Waals surface area contributed by atoms with Crippen LogP contribution in [0.1, 0.15) is 12.0 Å². The van der Waals surface area contributed by atoms with Gasteiger partial charge in [-0.05, 0) is 24.6 Å². The molecule has 1 saturated heterocycles. The van der Waals surface area contributed by atoms with Crippen molar-refractivity contribution in [3.63, 3.8) is 0 Å². The van der Waals surface area contributed by atoms with Gasteiger partial charge < -0.3 is 9.64 Å². The number of benzene rings is 1. The Bertz CT molecular complexity index is 473. The highest BCUT2D eigenvalue weighted by Gasteiger charge is 2.33. The molecule has 0 bridgehead atoms. The first-order valence-corrected chi connectivity index (χ1v) is 5.92. The van der Waals surface area contributed by atoms with Crippen molar-refractivity contribution in [3.05, 3.63) is 29.8 Å². The summed E-state index contributed by atoms with van der Waals surface area (Å²) in [6.07, 6.45) is -3.75. The maximum Gasteiger partial charge on any atom is 0.416 e. The van der Waals surface area contributed by atoms with Crippen molar-refractivity contribution in [2.45, 2.75) is 12.6 Å². The Morgan fingerprint density at radius 2 is 2.16 bits per heavy atom. The van der Waals surface area contributed by atoms with Gasteiger partial charge in [0.1, 0.15) is 0 Å². The summed E-state index contributed by atoms with van der Waals surface area (Å²) in [5.74, 6) is -0.575. The van der Waals surface area contributed by atoms with Crippen molar-refractivity contribution in [1.29, 1.82) is 0 Å². The number of ether oxygens (including phenoxy) is 1. The van der Waals surface area contributed by atoms with Gasteiger partial charge >= 0.3 is 12.1 Å². The van der Waals surface area contributed by atoms with Gasteiger partial charge in [0.15, 0.2) is 0 Å². The van der Waals surface area contributed by atoms with E-state index in [9.17, 15) is 18.0 Å². The van der Waals surface area contributed by atoms with E-state index in [0.717, 1.165) is 12.1 Å². The zero-order valence-corrected chi connectivity index (χ0v) is 10.4. The first kappa shape index (κ1) is 13.7. The molecule has 1 aliphatic heterocycles. The van der Waals surface area contributed by atoms with Crippen LogP contribution in [-0.4, -0.2) is 26.2 Å². The van der Waals surface area contributed by atoms with E-state index in [1.165, 1.54) is 13.2 Å². The highest BCUT2D eigenvalue weighted by atomic mass is 19.4. The van der Waals surface area contributed by atoms with Crippen LogP contribution in [0.5, 0.6) is 0 Å². The molecule has 19 heavy (non-hydrogen) atoms. The van der Waals surface area contributed by atoms with Gasteiger partial charge in [-0.25, -0.2) is 0 Å². The van der Waals surface area contributed by atoms with E-state index in [-0.39, 0.29) is 11.9 Å². The molecule has 0 saturated carbocycles. The maximum atomic E-state index is 12.6. The number of esters is 1. The van der Waals surface area contributed by atoms with Crippen LogP contribution in [0.15, 0.2) is 24.3 Å². The molecule has 1 aliphatic rings. The number of halogens is 3. The molecule has 1 heterocycles. The zero-order chi connectivity index (χ0) is 14.0. The number of anilines is 1. The fourth-order valence-electron chi connectivity index (χ4n) is 2.23. The third kappa shape index (κ3) is 3.00. The minimum atomic E-state index is -4.35. The molecule has 0 N–H and O–H groups in total. The molecule has 2 rings (SSSR count). The number of methoxy groups -OCH3 is 1. The second-order valence-electron chi connectivity index (χ2n) is 4.50. The Hall–Kier alpha value is -1.72. The average molecular weight is 273 g/mol. The minimum Gasteiger partial charge on any atom is -0.469 e. The van der Waals surface area contributed by atoms with Gasteiger partial charge in [-0.3, -0.25) is 4.79 Å². The summed E-state index contributed by atoms with van der Waals surface area (Å²) < 4.78 is 42.5. The number of rotatable bonds is 2. The Morgan fingerprint density at radius 3 is 2.79 bits per heavy atom. The first-order valence-electron chi connectivity index (χ1n) is 5.92. The number of hydrogen-bond donors (Lipinski definition) is 0. The van der Waals surface area contributed by atoms with Gasteiger partial charge in [0.2, 0.25) is 0 Å². The normalized spacial score (nSPS) is 19.6. The number of nitrogens with zero attached hydrogens (tertiary/aromatic N) is 1. The summed E-state index contributed by atoms with van der Waals surface area (Å²) in [4.78, 5) is 13.2. The van der Waals surface area contributed by atoms with Gasteiger partial charge in [-0.2, -0.15) is 13.2 Å². The monoisotopic (exact) mass is 273 g/mol. The second-order valence-corrected chi connectivity index (χ2v) is 4.50. The summed E-state index contributed by atoms with van der Waals surface area (Å²) >= 11 is 0. The molecule has 0 aromatic heterocycles. The van der Waals surface area contributed by atoms with Crippen molar-refractivity contribution in [3.8, 4) is 0 Å². The number of alkyl halides is 3. The van der Waals surface area contributed by atoms with Crippen molar-refractivity contribution in [2.24, 2.45) is 5.92 Å². The van der Waals surface area contributed by atoms with Crippen molar-refractivity contribution >= 4 is 11.7 Å². The molecule has 104 valence electrons. The lowest BCUT2D eigenvalue weighted by Gasteiger charge is -2.19. The highest BCUT2D eigenvalue weighted by Crippen LogP contribution is 2.33. The molecular weight excluding hydrogens is 259 g/mol. The summed E-state index contributed by atoms with van der Waals surface area (Å²) in [6, 6.07) is 5.15. The van der Waals surface area contributed by atoms with Gasteiger partial charge in [0, 0.05) is 18.8 Å². The molecule has 0 aliphatic carbocycles. The van der Waals surface area contributed by atoms with E-state index in [1.54, 1.807) is 11.0 Å². The third-order valence-corrected chi connectivity index (χ3v) is 3.26. The average Bonchev–Trinajstić information content (AvgIpc) is 2.86. The summed E-state index contributed by atoms with van der Waals surface area (Å²) in [5.41, 5.74) is -0.187. The number of carbonyl (C=O) groups excluding carboxylic acids is 1. The van der Waals surface area contributed by atoms with Crippen LogP contribution < -0.4 is 4.90 Å². The van der Waals surface area contributed by atoms with Crippen LogP contribution in [0.4, 0.5) is 18.9 Å². The van der Waals surface area contributed by atoms with Crippen molar-refractivity contribution in [1.82, 2.24) is 0 Å². The van der Waals surface area contributed by atoms with Crippen molar-refractivity contribution < 1.29 is 22.7 Å². The SMILES string of the molecule is COC(=O)C1CCN(c2cccc(C(F)(F)F)c2)C1. The summed E-state index contributed by atoms with van der Waals surface area (Å²) in [7, 11) is 1.31.